The molecule has 0 atom stereocenters. The van der Waals surface area contributed by atoms with Gasteiger partial charge in [0.15, 0.2) is 9.84 Å². The van der Waals surface area contributed by atoms with E-state index >= 15 is 0 Å². The lowest BCUT2D eigenvalue weighted by Crippen LogP contribution is -2.42. The Hall–Kier alpha value is -2.67. The highest BCUT2D eigenvalue weighted by Crippen LogP contribution is 2.25. The first kappa shape index (κ1) is 19.1. The number of amides is 1. The van der Waals surface area contributed by atoms with Gasteiger partial charge in [0.25, 0.3) is 5.91 Å². The third-order valence-corrected chi connectivity index (χ3v) is 6.88. The lowest BCUT2D eigenvalue weighted by Gasteiger charge is -2.31. The van der Waals surface area contributed by atoms with Crippen LogP contribution in [0.3, 0.4) is 0 Å². The molecule has 0 unspecified atom stereocenters. The Bertz CT molecular complexity index is 915. The van der Waals surface area contributed by atoms with Gasteiger partial charge in [-0.3, -0.25) is 9.59 Å². The van der Waals surface area contributed by atoms with E-state index in [2.05, 4.69) is 0 Å². The number of carbonyl (C=O) groups excluding carboxylic acids is 2. The molecular weight excluding hydrogens is 366 g/mol. The number of hydrogen-bond acceptors (Lipinski definition) is 5. The van der Waals surface area contributed by atoms with Gasteiger partial charge in [-0.25, -0.2) is 8.42 Å². The summed E-state index contributed by atoms with van der Waals surface area (Å²) >= 11 is 0. The molecule has 7 heteroatoms. The summed E-state index contributed by atoms with van der Waals surface area (Å²) in [6, 6.07) is 14.8. The Morgan fingerprint density at radius 2 is 1.56 bits per heavy atom. The number of esters is 1. The minimum atomic E-state index is -3.38. The van der Waals surface area contributed by atoms with Crippen LogP contribution in [-0.2, 0) is 14.6 Å². The number of sulfone groups is 1. The summed E-state index contributed by atoms with van der Waals surface area (Å²) in [4.78, 5) is 25.6. The number of ether oxygens (including phenoxy) is 1. The van der Waals surface area contributed by atoms with Gasteiger partial charge >= 0.3 is 5.97 Å². The maximum absolute atomic E-state index is 12.7. The maximum Gasteiger partial charge on any atom is 0.308 e. The van der Waals surface area contributed by atoms with E-state index in [1.54, 1.807) is 59.5 Å². The van der Waals surface area contributed by atoms with Crippen LogP contribution in [0.1, 0.15) is 30.1 Å². The van der Waals surface area contributed by atoms with Crippen molar-refractivity contribution in [3.05, 3.63) is 60.2 Å². The van der Waals surface area contributed by atoms with Crippen molar-refractivity contribution in [3.63, 3.8) is 0 Å². The Kier molecular flexibility index (Phi) is 5.60. The molecule has 1 aliphatic rings. The Labute approximate surface area is 158 Å². The molecule has 1 fully saturated rings. The molecule has 0 saturated carbocycles. The quantitative estimate of drug-likeness (QED) is 0.595. The van der Waals surface area contributed by atoms with Gasteiger partial charge in [0.1, 0.15) is 5.75 Å². The number of rotatable bonds is 4. The Morgan fingerprint density at radius 1 is 0.963 bits per heavy atom. The van der Waals surface area contributed by atoms with Gasteiger partial charge in [-0.1, -0.05) is 18.2 Å². The predicted molar refractivity (Wildman–Crippen MR) is 100 cm³/mol. The molecule has 0 aromatic heterocycles. The van der Waals surface area contributed by atoms with Gasteiger partial charge in [-0.05, 0) is 49.2 Å². The zero-order chi connectivity index (χ0) is 19.4. The summed E-state index contributed by atoms with van der Waals surface area (Å²) in [6.07, 6.45) is 0.822. The summed E-state index contributed by atoms with van der Waals surface area (Å²) in [5.41, 5.74) is 0.482. The molecule has 0 aliphatic carbocycles. The van der Waals surface area contributed by atoms with Crippen molar-refractivity contribution in [2.45, 2.75) is 29.9 Å². The molecule has 2 aromatic carbocycles. The number of hydrogen-bond donors (Lipinski definition) is 0. The van der Waals surface area contributed by atoms with Crippen LogP contribution < -0.4 is 4.74 Å². The highest BCUT2D eigenvalue weighted by Gasteiger charge is 2.32. The molecule has 1 saturated heterocycles. The minimum Gasteiger partial charge on any atom is -0.427 e. The highest BCUT2D eigenvalue weighted by molar-refractivity contribution is 7.92. The molecule has 1 amide bonds. The standard InChI is InChI=1S/C20H21NO5S/c1-15(22)26-17-9-7-16(8-10-17)20(23)21-13-11-19(12-14-21)27(24,25)18-5-3-2-4-6-18/h2-10,19H,11-14H2,1H3. The SMILES string of the molecule is CC(=O)Oc1ccc(C(=O)N2CCC(S(=O)(=O)c3ccccc3)CC2)cc1. The van der Waals surface area contributed by atoms with Gasteiger partial charge in [0.2, 0.25) is 0 Å². The number of benzene rings is 2. The summed E-state index contributed by atoms with van der Waals surface area (Å²) in [5.74, 6) is -0.192. The summed E-state index contributed by atoms with van der Waals surface area (Å²) in [7, 11) is -3.38. The van der Waals surface area contributed by atoms with Crippen molar-refractivity contribution < 1.29 is 22.7 Å². The molecule has 0 N–H and O–H groups in total. The van der Waals surface area contributed by atoms with Crippen LogP contribution in [0.25, 0.3) is 0 Å². The zero-order valence-electron chi connectivity index (χ0n) is 15.0. The van der Waals surface area contributed by atoms with Gasteiger partial charge in [0, 0.05) is 25.6 Å². The topological polar surface area (TPSA) is 80.8 Å². The molecule has 3 rings (SSSR count). The summed E-state index contributed by atoms with van der Waals surface area (Å²) in [6.45, 7) is 2.09. The number of likely N-dealkylation sites (tertiary alicyclic amines) is 1. The third-order valence-electron chi connectivity index (χ3n) is 4.60. The molecule has 0 radical (unpaired) electrons. The monoisotopic (exact) mass is 387 g/mol. The minimum absolute atomic E-state index is 0.153. The average molecular weight is 387 g/mol. The van der Waals surface area contributed by atoms with Gasteiger partial charge < -0.3 is 9.64 Å². The first-order valence-corrected chi connectivity index (χ1v) is 10.3. The van der Waals surface area contributed by atoms with Crippen molar-refractivity contribution in [2.24, 2.45) is 0 Å². The number of nitrogens with zero attached hydrogens (tertiary/aromatic N) is 1. The first-order chi connectivity index (χ1) is 12.9. The molecule has 27 heavy (non-hydrogen) atoms. The summed E-state index contributed by atoms with van der Waals surface area (Å²) < 4.78 is 30.4. The summed E-state index contributed by atoms with van der Waals surface area (Å²) in [5, 5.41) is -0.477. The van der Waals surface area contributed by atoms with E-state index in [0.717, 1.165) is 0 Å². The second kappa shape index (κ2) is 7.92. The van der Waals surface area contributed by atoms with Crippen LogP contribution in [0.4, 0.5) is 0 Å². The highest BCUT2D eigenvalue weighted by atomic mass is 32.2. The van der Waals surface area contributed by atoms with E-state index in [1.165, 1.54) is 6.92 Å². The van der Waals surface area contributed by atoms with E-state index < -0.39 is 21.1 Å². The van der Waals surface area contributed by atoms with Crippen molar-refractivity contribution in [1.82, 2.24) is 4.90 Å². The van der Waals surface area contributed by atoms with E-state index in [0.29, 0.717) is 42.1 Å². The molecule has 0 spiro atoms. The predicted octanol–water partition coefficient (Wildman–Crippen LogP) is 2.69. The molecule has 2 aromatic rings. The van der Waals surface area contributed by atoms with E-state index in [9.17, 15) is 18.0 Å². The van der Waals surface area contributed by atoms with Crippen LogP contribution in [0.5, 0.6) is 5.75 Å². The van der Waals surface area contributed by atoms with Crippen LogP contribution in [0, 0.1) is 0 Å². The smallest absolute Gasteiger partial charge is 0.308 e. The normalized spacial score (nSPS) is 15.4. The van der Waals surface area contributed by atoms with Crippen molar-refractivity contribution in [3.8, 4) is 5.75 Å². The van der Waals surface area contributed by atoms with Crippen LogP contribution in [0.2, 0.25) is 0 Å². The van der Waals surface area contributed by atoms with Crippen molar-refractivity contribution in [1.29, 1.82) is 0 Å². The van der Waals surface area contributed by atoms with Crippen LogP contribution >= 0.6 is 0 Å². The second-order valence-electron chi connectivity index (χ2n) is 6.47. The Morgan fingerprint density at radius 3 is 2.11 bits per heavy atom. The van der Waals surface area contributed by atoms with Gasteiger partial charge in [-0.2, -0.15) is 0 Å². The number of piperidine rings is 1. The molecule has 6 nitrogen and oxygen atoms in total. The fraction of sp³-hybridized carbons (Fsp3) is 0.300. The van der Waals surface area contributed by atoms with Crippen molar-refractivity contribution >= 4 is 21.7 Å². The van der Waals surface area contributed by atoms with Gasteiger partial charge in [0.05, 0.1) is 10.1 Å². The van der Waals surface area contributed by atoms with E-state index in [4.69, 9.17) is 4.74 Å². The van der Waals surface area contributed by atoms with Gasteiger partial charge in [-0.15, -0.1) is 0 Å². The zero-order valence-corrected chi connectivity index (χ0v) is 15.8. The molecular formula is C20H21NO5S. The molecule has 142 valence electrons. The fourth-order valence-electron chi connectivity index (χ4n) is 3.19. The molecule has 1 heterocycles. The maximum atomic E-state index is 12.7. The fourth-order valence-corrected chi connectivity index (χ4v) is 4.94. The lowest BCUT2D eigenvalue weighted by atomic mass is 10.1. The average Bonchev–Trinajstić information content (AvgIpc) is 2.68. The largest absolute Gasteiger partial charge is 0.427 e. The molecule has 0 bridgehead atoms. The van der Waals surface area contributed by atoms with E-state index in [1.807, 2.05) is 0 Å². The van der Waals surface area contributed by atoms with E-state index in [-0.39, 0.29) is 5.91 Å². The molecule has 1 aliphatic heterocycles. The first-order valence-electron chi connectivity index (χ1n) is 8.74. The third kappa shape index (κ3) is 4.36. The van der Waals surface area contributed by atoms with Crippen LogP contribution in [0.15, 0.2) is 59.5 Å². The number of carbonyl (C=O) groups is 2. The van der Waals surface area contributed by atoms with Crippen molar-refractivity contribution in [2.75, 3.05) is 13.1 Å². The van der Waals surface area contributed by atoms with Crippen LogP contribution in [-0.4, -0.2) is 43.5 Å². The second-order valence-corrected chi connectivity index (χ2v) is 8.70. The Balaban J connectivity index is 1.63. The lowest BCUT2D eigenvalue weighted by molar-refractivity contribution is -0.131.